The van der Waals surface area contributed by atoms with E-state index in [4.69, 9.17) is 0 Å². The highest BCUT2D eigenvalue weighted by Gasteiger charge is 2.26. The van der Waals surface area contributed by atoms with Gasteiger partial charge in [0.1, 0.15) is 10.8 Å². The Morgan fingerprint density at radius 3 is 3.05 bits per heavy atom. The Hall–Kier alpha value is -1.79. The molecule has 1 aliphatic carbocycles. The number of aliphatic hydroxyl groups is 1. The Morgan fingerprint density at radius 1 is 1.50 bits per heavy atom. The predicted molar refractivity (Wildman–Crippen MR) is 81.9 cm³/mol. The number of hydrogen-bond acceptors (Lipinski definition) is 4. The highest BCUT2D eigenvalue weighted by Crippen LogP contribution is 2.40. The van der Waals surface area contributed by atoms with Gasteiger partial charge in [-0.1, -0.05) is 12.1 Å². The lowest BCUT2D eigenvalue weighted by atomic mass is 10.1. The average molecular weight is 320 g/mol. The van der Waals surface area contributed by atoms with E-state index in [0.717, 1.165) is 10.7 Å². The highest BCUT2D eigenvalue weighted by atomic mass is 32.1. The van der Waals surface area contributed by atoms with Gasteiger partial charge in [0, 0.05) is 11.3 Å². The third-order valence-corrected chi connectivity index (χ3v) is 4.48. The molecule has 0 aliphatic heterocycles. The Balaban J connectivity index is 1.49. The van der Waals surface area contributed by atoms with Crippen molar-refractivity contribution in [1.82, 2.24) is 10.3 Å². The van der Waals surface area contributed by atoms with E-state index in [2.05, 4.69) is 10.3 Å². The van der Waals surface area contributed by atoms with Crippen LogP contribution in [0, 0.1) is 5.82 Å². The molecule has 1 aromatic carbocycles. The van der Waals surface area contributed by atoms with Crippen molar-refractivity contribution in [3.05, 3.63) is 51.7 Å². The first-order valence-corrected chi connectivity index (χ1v) is 8.14. The maximum atomic E-state index is 13.1. The van der Waals surface area contributed by atoms with E-state index in [1.54, 1.807) is 6.07 Å². The van der Waals surface area contributed by atoms with E-state index in [-0.39, 0.29) is 12.3 Å². The highest BCUT2D eigenvalue weighted by molar-refractivity contribution is 7.09. The quantitative estimate of drug-likeness (QED) is 0.860. The van der Waals surface area contributed by atoms with Crippen LogP contribution in [0.5, 0.6) is 0 Å². The number of halogens is 1. The first kappa shape index (κ1) is 15.1. The summed E-state index contributed by atoms with van der Waals surface area (Å²) in [5.74, 6) is -0.0946. The number of carbonyl (C=O) groups excluding carboxylic acids is 1. The molecule has 2 N–H and O–H groups in total. The molecule has 1 saturated carbocycles. The molecule has 0 saturated heterocycles. The van der Waals surface area contributed by atoms with E-state index >= 15 is 0 Å². The minimum atomic E-state index is -1.01. The first-order chi connectivity index (χ1) is 10.6. The Morgan fingerprint density at radius 2 is 2.32 bits per heavy atom. The summed E-state index contributed by atoms with van der Waals surface area (Å²) in [7, 11) is 0. The van der Waals surface area contributed by atoms with Gasteiger partial charge in [0.25, 0.3) is 0 Å². The van der Waals surface area contributed by atoms with Crippen LogP contribution in [0.2, 0.25) is 0 Å². The number of carbonyl (C=O) groups is 1. The number of rotatable bonds is 6. The van der Waals surface area contributed by atoms with E-state index < -0.39 is 11.9 Å². The molecule has 1 aliphatic rings. The summed E-state index contributed by atoms with van der Waals surface area (Å²) >= 11 is 1.54. The maximum absolute atomic E-state index is 13.1. The Labute approximate surface area is 132 Å². The number of nitrogens with one attached hydrogen (secondary N) is 1. The molecule has 1 atom stereocenters. The predicted octanol–water partition coefficient (Wildman–Crippen LogP) is 2.90. The largest absolute Gasteiger partial charge is 0.388 e. The van der Waals surface area contributed by atoms with Gasteiger partial charge in [-0.15, -0.1) is 11.3 Å². The van der Waals surface area contributed by atoms with Crippen molar-refractivity contribution in [1.29, 1.82) is 0 Å². The molecule has 6 heteroatoms. The minimum absolute atomic E-state index is 0.0929. The summed E-state index contributed by atoms with van der Waals surface area (Å²) in [6, 6.07) is 5.65. The Kier molecular flexibility index (Phi) is 4.49. The summed E-state index contributed by atoms with van der Waals surface area (Å²) in [4.78, 5) is 16.3. The van der Waals surface area contributed by atoms with Gasteiger partial charge in [0.05, 0.1) is 24.8 Å². The lowest BCUT2D eigenvalue weighted by molar-refractivity contribution is -0.123. The van der Waals surface area contributed by atoms with Crippen LogP contribution in [0.4, 0.5) is 4.39 Å². The molecule has 1 aromatic heterocycles. The molecule has 1 amide bonds. The third kappa shape index (κ3) is 3.90. The van der Waals surface area contributed by atoms with Gasteiger partial charge in [0.15, 0.2) is 0 Å². The summed E-state index contributed by atoms with van der Waals surface area (Å²) in [5, 5.41) is 15.6. The van der Waals surface area contributed by atoms with Gasteiger partial charge in [-0.25, -0.2) is 9.37 Å². The fourth-order valence-electron chi connectivity index (χ4n) is 2.23. The summed E-state index contributed by atoms with van der Waals surface area (Å²) in [6.45, 7) is 0.367. The van der Waals surface area contributed by atoms with E-state index in [0.29, 0.717) is 18.0 Å². The van der Waals surface area contributed by atoms with Gasteiger partial charge < -0.3 is 10.4 Å². The summed E-state index contributed by atoms with van der Waals surface area (Å²) in [6.07, 6.45) is 1.31. The maximum Gasteiger partial charge on any atom is 0.223 e. The molecule has 0 spiro atoms. The van der Waals surface area contributed by atoms with Gasteiger partial charge in [-0.2, -0.15) is 0 Å². The molecule has 2 aromatic rings. The first-order valence-electron chi connectivity index (χ1n) is 7.26. The molecular formula is C16H17FN2O2S. The normalized spacial score (nSPS) is 15.5. The number of amides is 1. The van der Waals surface area contributed by atoms with Crippen LogP contribution in [-0.2, 0) is 11.3 Å². The molecule has 1 fully saturated rings. The second-order valence-corrected chi connectivity index (χ2v) is 6.43. The number of aliphatic hydroxyl groups excluding tert-OH is 1. The van der Waals surface area contributed by atoms with Crippen LogP contribution in [0.3, 0.4) is 0 Å². The number of aromatic nitrogens is 1. The fourth-order valence-corrected chi connectivity index (χ4v) is 3.04. The summed E-state index contributed by atoms with van der Waals surface area (Å²) in [5.41, 5.74) is 1.52. The van der Waals surface area contributed by atoms with E-state index in [1.165, 1.54) is 42.4 Å². The minimum Gasteiger partial charge on any atom is -0.388 e. The second kappa shape index (κ2) is 6.54. The third-order valence-electron chi connectivity index (χ3n) is 3.61. The van der Waals surface area contributed by atoms with E-state index in [1.807, 2.05) is 5.38 Å². The molecule has 0 radical (unpaired) electrons. The van der Waals surface area contributed by atoms with Crippen molar-refractivity contribution in [3.63, 3.8) is 0 Å². The van der Waals surface area contributed by atoms with Crippen LogP contribution in [0.25, 0.3) is 0 Å². The number of hydrogen-bond donors (Lipinski definition) is 2. The van der Waals surface area contributed by atoms with Crippen molar-refractivity contribution in [2.75, 3.05) is 0 Å². The molecule has 22 heavy (non-hydrogen) atoms. The molecule has 1 unspecified atom stereocenters. The fraction of sp³-hybridized carbons (Fsp3) is 0.375. The van der Waals surface area contributed by atoms with Crippen molar-refractivity contribution in [3.8, 4) is 0 Å². The molecule has 116 valence electrons. The van der Waals surface area contributed by atoms with Gasteiger partial charge in [-0.3, -0.25) is 4.79 Å². The van der Waals surface area contributed by atoms with Gasteiger partial charge >= 0.3 is 0 Å². The summed E-state index contributed by atoms with van der Waals surface area (Å²) < 4.78 is 13.1. The second-order valence-electron chi connectivity index (χ2n) is 5.49. The average Bonchev–Trinajstić information content (AvgIpc) is 3.24. The van der Waals surface area contributed by atoms with Crippen molar-refractivity contribution >= 4 is 17.2 Å². The lowest BCUT2D eigenvalue weighted by Crippen LogP contribution is -2.24. The zero-order valence-corrected chi connectivity index (χ0v) is 12.8. The van der Waals surface area contributed by atoms with Crippen LogP contribution in [0.15, 0.2) is 29.6 Å². The smallest absolute Gasteiger partial charge is 0.223 e. The zero-order chi connectivity index (χ0) is 15.5. The standard InChI is InChI=1S/C16H17FN2O2S/c17-12-3-1-2-11(6-12)14(20)7-15(21)18-8-16-19-13(9-22-16)10-4-5-10/h1-3,6,9-10,14,20H,4-5,7-8H2,(H,18,21). The molecular weight excluding hydrogens is 303 g/mol. The van der Waals surface area contributed by atoms with Crippen molar-refractivity contribution < 1.29 is 14.3 Å². The zero-order valence-electron chi connectivity index (χ0n) is 12.0. The Bertz CT molecular complexity index is 670. The van der Waals surface area contributed by atoms with Crippen LogP contribution in [0.1, 0.15) is 47.5 Å². The molecule has 0 bridgehead atoms. The van der Waals surface area contributed by atoms with Gasteiger partial charge in [0.2, 0.25) is 5.91 Å². The number of thiazole rings is 1. The number of nitrogens with zero attached hydrogens (tertiary/aromatic N) is 1. The van der Waals surface area contributed by atoms with E-state index in [9.17, 15) is 14.3 Å². The molecule has 3 rings (SSSR count). The molecule has 4 nitrogen and oxygen atoms in total. The van der Waals surface area contributed by atoms with Crippen LogP contribution < -0.4 is 5.32 Å². The lowest BCUT2D eigenvalue weighted by Gasteiger charge is -2.10. The van der Waals surface area contributed by atoms with Gasteiger partial charge in [-0.05, 0) is 30.5 Å². The van der Waals surface area contributed by atoms with Crippen molar-refractivity contribution in [2.24, 2.45) is 0 Å². The monoisotopic (exact) mass is 320 g/mol. The van der Waals surface area contributed by atoms with Crippen LogP contribution >= 0.6 is 11.3 Å². The molecule has 1 heterocycles. The number of benzene rings is 1. The topological polar surface area (TPSA) is 62.2 Å². The van der Waals surface area contributed by atoms with Crippen LogP contribution in [-0.4, -0.2) is 16.0 Å². The van der Waals surface area contributed by atoms with Crippen molar-refractivity contribution in [2.45, 2.75) is 37.8 Å². The SMILES string of the molecule is O=C(CC(O)c1cccc(F)c1)NCc1nc(C2CC2)cs1.